The minimum absolute atomic E-state index is 0.133. The summed E-state index contributed by atoms with van der Waals surface area (Å²) in [5.41, 5.74) is 10.7. The van der Waals surface area contributed by atoms with Gasteiger partial charge in [0.2, 0.25) is 11.8 Å². The van der Waals surface area contributed by atoms with Crippen molar-refractivity contribution in [3.63, 3.8) is 0 Å². The average molecular weight is 258 g/mol. The molecule has 0 aromatic heterocycles. The molecule has 0 rings (SSSR count). The van der Waals surface area contributed by atoms with Crippen LogP contribution >= 0.6 is 0 Å². The van der Waals surface area contributed by atoms with Crippen molar-refractivity contribution in [2.45, 2.75) is 33.7 Å². The van der Waals surface area contributed by atoms with Crippen molar-refractivity contribution in [2.24, 2.45) is 34.4 Å². The first-order valence-electron chi connectivity index (χ1n) is 5.79. The van der Waals surface area contributed by atoms with Gasteiger partial charge in [0.05, 0.1) is 0 Å². The number of amides is 2. The summed E-state index contributed by atoms with van der Waals surface area (Å²) in [7, 11) is 0. The zero-order chi connectivity index (χ0) is 14.5. The zero-order valence-electron chi connectivity index (χ0n) is 11.2. The van der Waals surface area contributed by atoms with E-state index in [9.17, 15) is 9.59 Å². The van der Waals surface area contributed by atoms with Gasteiger partial charge in [0.25, 0.3) is 0 Å². The lowest BCUT2D eigenvalue weighted by Gasteiger charge is -2.24. The van der Waals surface area contributed by atoms with Gasteiger partial charge in [-0.15, -0.1) is 0 Å². The molecule has 0 aliphatic rings. The number of amidine groups is 1. The fourth-order valence-corrected chi connectivity index (χ4v) is 1.65. The Labute approximate surface area is 107 Å². The maximum absolute atomic E-state index is 12.0. The molecule has 0 heterocycles. The Bertz CT molecular complexity index is 339. The van der Waals surface area contributed by atoms with Crippen LogP contribution in [-0.2, 0) is 9.59 Å². The lowest BCUT2D eigenvalue weighted by molar-refractivity contribution is -0.130. The van der Waals surface area contributed by atoms with Crippen molar-refractivity contribution in [3.8, 4) is 0 Å². The monoisotopic (exact) mass is 258 g/mol. The van der Waals surface area contributed by atoms with Crippen LogP contribution in [0.2, 0.25) is 0 Å². The topological polar surface area (TPSA) is 131 Å². The van der Waals surface area contributed by atoms with E-state index in [0.29, 0.717) is 0 Å². The van der Waals surface area contributed by atoms with Gasteiger partial charge in [-0.25, -0.2) is 0 Å². The van der Waals surface area contributed by atoms with Crippen LogP contribution in [0.4, 0.5) is 0 Å². The van der Waals surface area contributed by atoms with Crippen molar-refractivity contribution in [1.82, 2.24) is 5.32 Å². The zero-order valence-corrected chi connectivity index (χ0v) is 11.2. The van der Waals surface area contributed by atoms with E-state index >= 15 is 0 Å². The predicted octanol–water partition coefficient (Wildman–Crippen LogP) is -0.369. The number of nitrogens with zero attached hydrogens (tertiary/aromatic N) is 1. The highest BCUT2D eigenvalue weighted by Gasteiger charge is 2.30. The molecule has 0 saturated heterocycles. The third-order valence-electron chi connectivity index (χ3n) is 2.65. The highest BCUT2D eigenvalue weighted by molar-refractivity contribution is 6.03. The number of carbonyl (C=O) groups is 2. The fraction of sp³-hybridized carbons (Fsp3) is 0.727. The Balaban J connectivity index is 4.96. The molecule has 0 spiro atoms. The largest absolute Gasteiger partial charge is 0.409 e. The lowest BCUT2D eigenvalue weighted by Crippen LogP contribution is -2.52. The van der Waals surface area contributed by atoms with Crippen molar-refractivity contribution in [3.05, 3.63) is 0 Å². The SMILES string of the molecule is CC(C)C(NC(=O)C(C(N)=NO)C(C)C)C(N)=O. The predicted molar refractivity (Wildman–Crippen MR) is 67.7 cm³/mol. The maximum Gasteiger partial charge on any atom is 0.240 e. The van der Waals surface area contributed by atoms with Gasteiger partial charge in [0.15, 0.2) is 5.84 Å². The Morgan fingerprint density at radius 2 is 1.61 bits per heavy atom. The summed E-state index contributed by atoms with van der Waals surface area (Å²) in [4.78, 5) is 23.2. The van der Waals surface area contributed by atoms with Crippen LogP contribution < -0.4 is 16.8 Å². The highest BCUT2D eigenvalue weighted by atomic mass is 16.4. The van der Waals surface area contributed by atoms with E-state index in [1.165, 1.54) is 0 Å². The van der Waals surface area contributed by atoms with Gasteiger partial charge in [-0.3, -0.25) is 9.59 Å². The van der Waals surface area contributed by atoms with Crippen molar-refractivity contribution < 1.29 is 14.8 Å². The molecule has 0 aliphatic carbocycles. The maximum atomic E-state index is 12.0. The average Bonchev–Trinajstić information content (AvgIpc) is 2.24. The molecule has 0 aromatic carbocycles. The molecule has 2 unspecified atom stereocenters. The smallest absolute Gasteiger partial charge is 0.240 e. The molecule has 0 saturated carbocycles. The lowest BCUT2D eigenvalue weighted by atomic mass is 9.92. The number of hydrogen-bond acceptors (Lipinski definition) is 4. The molecule has 7 nitrogen and oxygen atoms in total. The molecule has 2 atom stereocenters. The molecule has 0 fully saturated rings. The molecular formula is C11H22N4O3. The van der Waals surface area contributed by atoms with Crippen molar-refractivity contribution in [1.29, 1.82) is 0 Å². The van der Waals surface area contributed by atoms with E-state index in [-0.39, 0.29) is 17.7 Å². The van der Waals surface area contributed by atoms with Crippen LogP contribution in [0.25, 0.3) is 0 Å². The van der Waals surface area contributed by atoms with Crippen molar-refractivity contribution >= 4 is 17.6 Å². The van der Waals surface area contributed by atoms with Crippen LogP contribution in [-0.4, -0.2) is 28.9 Å². The van der Waals surface area contributed by atoms with Crippen LogP contribution in [0.1, 0.15) is 27.7 Å². The molecule has 0 aliphatic heterocycles. The number of primary amides is 1. The van der Waals surface area contributed by atoms with Gasteiger partial charge in [-0.05, 0) is 11.8 Å². The summed E-state index contributed by atoms with van der Waals surface area (Å²) in [6.45, 7) is 7.06. The standard InChI is InChI=1S/C11H22N4O3/c1-5(2)7(9(12)15-18)11(17)14-8(6(3)4)10(13)16/h5-8,18H,1-4H3,(H2,12,15)(H2,13,16)(H,14,17). The summed E-state index contributed by atoms with van der Waals surface area (Å²) >= 11 is 0. The second-order valence-electron chi connectivity index (χ2n) is 4.88. The minimum Gasteiger partial charge on any atom is -0.409 e. The summed E-state index contributed by atoms with van der Waals surface area (Å²) in [5, 5.41) is 14.0. The van der Waals surface area contributed by atoms with E-state index in [1.807, 2.05) is 0 Å². The molecular weight excluding hydrogens is 236 g/mol. The quantitative estimate of drug-likeness (QED) is 0.224. The molecule has 18 heavy (non-hydrogen) atoms. The van der Waals surface area contributed by atoms with Crippen molar-refractivity contribution in [2.75, 3.05) is 0 Å². The molecule has 0 bridgehead atoms. The van der Waals surface area contributed by atoms with Gasteiger partial charge in [0, 0.05) is 0 Å². The van der Waals surface area contributed by atoms with Gasteiger partial charge >= 0.3 is 0 Å². The van der Waals surface area contributed by atoms with Crippen LogP contribution in [0.15, 0.2) is 5.16 Å². The van der Waals surface area contributed by atoms with Crippen LogP contribution in [0.5, 0.6) is 0 Å². The van der Waals surface area contributed by atoms with Gasteiger partial charge in [-0.2, -0.15) is 0 Å². The first kappa shape index (κ1) is 16.2. The number of nitrogens with two attached hydrogens (primary N) is 2. The summed E-state index contributed by atoms with van der Waals surface area (Å²) < 4.78 is 0. The third kappa shape index (κ3) is 4.23. The van der Waals surface area contributed by atoms with E-state index in [2.05, 4.69) is 10.5 Å². The second-order valence-corrected chi connectivity index (χ2v) is 4.88. The van der Waals surface area contributed by atoms with Crippen LogP contribution in [0.3, 0.4) is 0 Å². The summed E-state index contributed by atoms with van der Waals surface area (Å²) in [6, 6.07) is -0.773. The molecule has 0 aromatic rings. The molecule has 2 amide bonds. The number of hydrogen-bond donors (Lipinski definition) is 4. The van der Waals surface area contributed by atoms with Gasteiger partial charge in [0.1, 0.15) is 12.0 Å². The first-order chi connectivity index (χ1) is 8.22. The minimum atomic E-state index is -0.796. The first-order valence-corrected chi connectivity index (χ1v) is 5.79. The van der Waals surface area contributed by atoms with E-state index < -0.39 is 23.8 Å². The van der Waals surface area contributed by atoms with Crippen LogP contribution in [0, 0.1) is 17.8 Å². The Morgan fingerprint density at radius 1 is 1.11 bits per heavy atom. The highest BCUT2D eigenvalue weighted by Crippen LogP contribution is 2.12. The van der Waals surface area contributed by atoms with Gasteiger partial charge in [-0.1, -0.05) is 32.9 Å². The number of nitrogens with one attached hydrogen (secondary N) is 1. The number of oxime groups is 1. The molecule has 6 N–H and O–H groups in total. The third-order valence-corrected chi connectivity index (χ3v) is 2.65. The normalized spacial score (nSPS) is 15.6. The van der Waals surface area contributed by atoms with Gasteiger partial charge < -0.3 is 22.0 Å². The Morgan fingerprint density at radius 3 is 1.89 bits per heavy atom. The Kier molecular flexibility index (Phi) is 6.15. The second kappa shape index (κ2) is 6.83. The number of carbonyl (C=O) groups excluding carboxylic acids is 2. The van der Waals surface area contributed by atoms with E-state index in [1.54, 1.807) is 27.7 Å². The fourth-order valence-electron chi connectivity index (χ4n) is 1.65. The number of rotatable bonds is 6. The summed E-state index contributed by atoms with van der Waals surface area (Å²) in [6.07, 6.45) is 0. The summed E-state index contributed by atoms with van der Waals surface area (Å²) in [5.74, 6) is -2.36. The van der Waals surface area contributed by atoms with E-state index in [0.717, 1.165) is 0 Å². The molecule has 104 valence electrons. The molecule has 0 radical (unpaired) electrons. The van der Waals surface area contributed by atoms with E-state index in [4.69, 9.17) is 16.7 Å². The molecule has 7 heteroatoms. The Hall–Kier alpha value is -1.79.